The van der Waals surface area contributed by atoms with Gasteiger partial charge in [-0.1, -0.05) is 185 Å². The van der Waals surface area contributed by atoms with E-state index in [1.54, 1.807) is 6.08 Å². The number of aliphatic hydroxyl groups is 1. The monoisotopic (exact) mass is 715 g/mol. The van der Waals surface area contributed by atoms with Crippen LogP contribution in [0.5, 0.6) is 0 Å². The van der Waals surface area contributed by atoms with E-state index in [-0.39, 0.29) is 37.4 Å². The van der Waals surface area contributed by atoms with Crippen LogP contribution in [0.3, 0.4) is 0 Å². The van der Waals surface area contributed by atoms with Crippen molar-refractivity contribution in [1.29, 1.82) is 0 Å². The first-order valence-corrected chi connectivity index (χ1v) is 21.1. The van der Waals surface area contributed by atoms with E-state index in [2.05, 4.69) is 32.1 Å². The van der Waals surface area contributed by atoms with Crippen molar-refractivity contribution in [2.45, 2.75) is 206 Å². The van der Waals surface area contributed by atoms with Gasteiger partial charge in [0.1, 0.15) is 6.61 Å². The van der Waals surface area contributed by atoms with Crippen molar-refractivity contribution in [3.05, 3.63) is 48.6 Å². The summed E-state index contributed by atoms with van der Waals surface area (Å²) >= 11 is 0. The number of rotatable bonds is 38. The predicted octanol–water partition coefficient (Wildman–Crippen LogP) is 12.6. The van der Waals surface area contributed by atoms with Crippen LogP contribution in [-0.2, 0) is 23.9 Å². The van der Waals surface area contributed by atoms with Crippen LogP contribution in [0, 0.1) is 0 Å². The van der Waals surface area contributed by atoms with Gasteiger partial charge in [-0.25, -0.2) is 0 Å². The molecule has 0 aromatic carbocycles. The molecular weight excluding hydrogens is 636 g/mol. The molecule has 1 atom stereocenters. The number of carbonyl (C=O) groups is 3. The Kier molecular flexibility index (Phi) is 38.4. The lowest BCUT2D eigenvalue weighted by atomic mass is 10.0. The van der Waals surface area contributed by atoms with Crippen LogP contribution in [0.1, 0.15) is 200 Å². The number of hydrogen-bond acceptors (Lipinski definition) is 6. The third-order valence-corrected chi connectivity index (χ3v) is 9.10. The number of aliphatic hydroxyl groups excluding tert-OH is 1. The van der Waals surface area contributed by atoms with Crippen LogP contribution in [0.2, 0.25) is 0 Å². The maximum absolute atomic E-state index is 12.2. The molecule has 0 saturated heterocycles. The fourth-order valence-corrected chi connectivity index (χ4v) is 5.86. The lowest BCUT2D eigenvalue weighted by molar-refractivity contribution is -0.161. The van der Waals surface area contributed by atoms with Crippen molar-refractivity contribution in [2.75, 3.05) is 13.2 Å². The first-order chi connectivity index (χ1) is 25.0. The molecule has 51 heavy (non-hydrogen) atoms. The summed E-state index contributed by atoms with van der Waals surface area (Å²) in [7, 11) is 0. The van der Waals surface area contributed by atoms with Gasteiger partial charge in [-0.15, -0.1) is 0 Å². The van der Waals surface area contributed by atoms with Gasteiger partial charge in [-0.05, 0) is 44.6 Å². The average molecular weight is 715 g/mol. The second-order valence-corrected chi connectivity index (χ2v) is 14.1. The lowest BCUT2D eigenvalue weighted by Crippen LogP contribution is -2.28. The molecule has 0 saturated carbocycles. The lowest BCUT2D eigenvalue weighted by Gasteiger charge is -2.15. The number of allylic oxidation sites excluding steroid dienone is 8. The van der Waals surface area contributed by atoms with E-state index < -0.39 is 6.10 Å². The molecule has 0 heterocycles. The Morgan fingerprint density at radius 3 is 1.51 bits per heavy atom. The van der Waals surface area contributed by atoms with Crippen LogP contribution in [0.25, 0.3) is 0 Å². The fourth-order valence-electron chi connectivity index (χ4n) is 5.86. The van der Waals surface area contributed by atoms with Crippen molar-refractivity contribution < 1.29 is 29.0 Å². The minimum absolute atomic E-state index is 0.102. The van der Waals surface area contributed by atoms with Crippen LogP contribution < -0.4 is 0 Å². The second kappa shape index (κ2) is 40.3. The zero-order valence-electron chi connectivity index (χ0n) is 33.1. The summed E-state index contributed by atoms with van der Waals surface area (Å²) in [4.78, 5) is 35.9. The average Bonchev–Trinajstić information content (AvgIpc) is 3.13. The quantitative estimate of drug-likeness (QED) is 0.0225. The highest BCUT2D eigenvalue weighted by molar-refractivity contribution is 5.89. The van der Waals surface area contributed by atoms with Gasteiger partial charge in [-0.3, -0.25) is 14.4 Å². The predicted molar refractivity (Wildman–Crippen MR) is 215 cm³/mol. The minimum Gasteiger partial charge on any atom is -0.462 e. The number of hydrogen-bond donors (Lipinski definition) is 1. The molecule has 0 bridgehead atoms. The highest BCUT2D eigenvalue weighted by Gasteiger charge is 2.16. The van der Waals surface area contributed by atoms with Crippen molar-refractivity contribution in [1.82, 2.24) is 0 Å². The molecule has 0 aromatic rings. The molecule has 6 heteroatoms. The minimum atomic E-state index is -0.817. The van der Waals surface area contributed by atoms with Crippen LogP contribution in [-0.4, -0.2) is 42.1 Å². The van der Waals surface area contributed by atoms with E-state index in [1.165, 1.54) is 103 Å². The molecule has 6 nitrogen and oxygen atoms in total. The highest BCUT2D eigenvalue weighted by atomic mass is 16.6. The van der Waals surface area contributed by atoms with Gasteiger partial charge in [-0.2, -0.15) is 0 Å². The van der Waals surface area contributed by atoms with Gasteiger partial charge < -0.3 is 14.6 Å². The van der Waals surface area contributed by atoms with Crippen molar-refractivity contribution in [2.24, 2.45) is 0 Å². The molecule has 0 aliphatic carbocycles. The molecule has 1 N–H and O–H groups in total. The molecule has 0 aliphatic heterocycles. The van der Waals surface area contributed by atoms with Gasteiger partial charge in [0.2, 0.25) is 0 Å². The van der Waals surface area contributed by atoms with Crippen LogP contribution in [0.15, 0.2) is 48.6 Å². The molecule has 0 fully saturated rings. The number of ether oxygens (including phenoxy) is 2. The van der Waals surface area contributed by atoms with Gasteiger partial charge in [0.15, 0.2) is 11.9 Å². The maximum atomic E-state index is 12.2. The molecule has 0 rings (SSSR count). The molecular formula is C45H78O6. The van der Waals surface area contributed by atoms with Crippen LogP contribution >= 0.6 is 0 Å². The van der Waals surface area contributed by atoms with Gasteiger partial charge >= 0.3 is 11.9 Å². The molecule has 0 aromatic heterocycles. The first kappa shape index (κ1) is 48.5. The van der Waals surface area contributed by atoms with Crippen molar-refractivity contribution >= 4 is 17.7 Å². The Hall–Kier alpha value is -2.47. The van der Waals surface area contributed by atoms with E-state index in [0.717, 1.165) is 57.8 Å². The van der Waals surface area contributed by atoms with Crippen molar-refractivity contribution in [3.8, 4) is 0 Å². The summed E-state index contributed by atoms with van der Waals surface area (Å²) in [5.41, 5.74) is 0. The Morgan fingerprint density at radius 2 is 0.961 bits per heavy atom. The SMILES string of the molecule is CCCCCCCCCCCCCCCCCCCCCC(=O)OC[C@H](CO)OC(=O)CCC/C=C\C/C=C\C/C=C\C=C\C(=O)CCCCC. The summed E-state index contributed by atoms with van der Waals surface area (Å²) in [5, 5.41) is 9.56. The number of esters is 2. The Morgan fingerprint density at radius 1 is 0.510 bits per heavy atom. The third kappa shape index (κ3) is 38.6. The van der Waals surface area contributed by atoms with E-state index in [1.807, 2.05) is 24.3 Å². The summed E-state index contributed by atoms with van der Waals surface area (Å²) in [6.45, 7) is 3.94. The Labute approximate surface area is 314 Å². The number of unbranched alkanes of at least 4 members (excludes halogenated alkanes) is 21. The first-order valence-electron chi connectivity index (χ1n) is 21.1. The molecule has 0 spiro atoms. The van der Waals surface area contributed by atoms with E-state index in [0.29, 0.717) is 19.3 Å². The van der Waals surface area contributed by atoms with E-state index in [4.69, 9.17) is 9.47 Å². The summed E-state index contributed by atoms with van der Waals surface area (Å²) in [6, 6.07) is 0. The number of carbonyl (C=O) groups excluding carboxylic acids is 3. The molecule has 294 valence electrons. The third-order valence-electron chi connectivity index (χ3n) is 9.10. The van der Waals surface area contributed by atoms with Crippen LogP contribution in [0.4, 0.5) is 0 Å². The second-order valence-electron chi connectivity index (χ2n) is 14.1. The number of ketones is 1. The maximum Gasteiger partial charge on any atom is 0.306 e. The van der Waals surface area contributed by atoms with Gasteiger partial charge in [0, 0.05) is 19.3 Å². The molecule has 0 amide bonds. The van der Waals surface area contributed by atoms with Gasteiger partial charge in [0.05, 0.1) is 6.61 Å². The normalized spacial score (nSPS) is 12.5. The Bertz CT molecular complexity index is 918. The van der Waals surface area contributed by atoms with Crippen molar-refractivity contribution in [3.63, 3.8) is 0 Å². The zero-order valence-corrected chi connectivity index (χ0v) is 33.1. The summed E-state index contributed by atoms with van der Waals surface area (Å²) in [6.07, 6.45) is 47.3. The highest BCUT2D eigenvalue weighted by Crippen LogP contribution is 2.15. The Balaban J connectivity index is 3.65. The fraction of sp³-hybridized carbons (Fsp3) is 0.756. The topological polar surface area (TPSA) is 89.9 Å². The molecule has 0 radical (unpaired) electrons. The molecule has 0 unspecified atom stereocenters. The smallest absolute Gasteiger partial charge is 0.306 e. The van der Waals surface area contributed by atoms with Gasteiger partial charge in [0.25, 0.3) is 0 Å². The largest absolute Gasteiger partial charge is 0.462 e. The van der Waals surface area contributed by atoms with E-state index in [9.17, 15) is 19.5 Å². The van der Waals surface area contributed by atoms with E-state index >= 15 is 0 Å². The standard InChI is InChI=1S/C45H78O6/c1-3-5-7-8-9-10-11-12-13-14-15-16-17-18-21-24-27-30-34-38-44(48)50-41-43(40-46)51-45(49)39-35-31-28-25-22-19-20-23-26-29-33-37-42(47)36-32-6-4-2/h19-20,25-26,28-29,33,37,43,46H,3-18,21-24,27,30-32,34-36,38-41H2,1-2H3/b20-19-,28-25-,29-26-,37-33+/t43-/m0/s1. The zero-order chi connectivity index (χ0) is 37.3. The summed E-state index contributed by atoms with van der Waals surface area (Å²) < 4.78 is 10.6. The molecule has 0 aliphatic rings. The summed E-state index contributed by atoms with van der Waals surface area (Å²) in [5.74, 6) is -0.499.